The van der Waals surface area contributed by atoms with Crippen LogP contribution in [0.25, 0.3) is 10.6 Å². The van der Waals surface area contributed by atoms with Crippen LogP contribution in [0.5, 0.6) is 0 Å². The summed E-state index contributed by atoms with van der Waals surface area (Å²) in [5.41, 5.74) is 2.53. The standard InChI is InChI=1S/C28H39N3O2S/c1-20(32)21-8-10-22(11-9-21)26-29-30-27(34-26)23-12-14-25(15-13-23)31-18-16-28(33-2,17-19-31)24-6-4-3-5-7-24/h12-15,21-22,24H,3-11,16-19H2,1-2H3/t21-,22-. The number of benzene rings is 1. The molecule has 0 atom stereocenters. The van der Waals surface area contributed by atoms with Gasteiger partial charge in [0.2, 0.25) is 0 Å². The van der Waals surface area contributed by atoms with Crippen molar-refractivity contribution >= 4 is 22.8 Å². The van der Waals surface area contributed by atoms with Crippen molar-refractivity contribution in [3.05, 3.63) is 29.3 Å². The van der Waals surface area contributed by atoms with Crippen LogP contribution in [0.3, 0.4) is 0 Å². The van der Waals surface area contributed by atoms with Crippen molar-refractivity contribution in [1.82, 2.24) is 10.2 Å². The Balaban J connectivity index is 1.19. The van der Waals surface area contributed by atoms with E-state index in [4.69, 9.17) is 4.74 Å². The predicted molar refractivity (Wildman–Crippen MR) is 138 cm³/mol. The Morgan fingerprint density at radius 3 is 2.26 bits per heavy atom. The summed E-state index contributed by atoms with van der Waals surface area (Å²) in [5.74, 6) is 1.79. The molecular weight excluding hydrogens is 442 g/mol. The topological polar surface area (TPSA) is 55.3 Å². The third-order valence-corrected chi connectivity index (χ3v) is 10.1. The van der Waals surface area contributed by atoms with Gasteiger partial charge in [0.1, 0.15) is 15.8 Å². The van der Waals surface area contributed by atoms with Gasteiger partial charge in [-0.3, -0.25) is 4.79 Å². The largest absolute Gasteiger partial charge is 0.378 e. The molecule has 2 aliphatic carbocycles. The second kappa shape index (κ2) is 10.4. The van der Waals surface area contributed by atoms with Crippen molar-refractivity contribution in [3.8, 4) is 10.6 Å². The van der Waals surface area contributed by atoms with E-state index in [-0.39, 0.29) is 11.5 Å². The van der Waals surface area contributed by atoms with Crippen molar-refractivity contribution in [2.75, 3.05) is 25.1 Å². The molecule has 1 aromatic heterocycles. The molecule has 5 nitrogen and oxygen atoms in total. The lowest BCUT2D eigenvalue weighted by Gasteiger charge is -2.47. The average molecular weight is 482 g/mol. The number of nitrogens with zero attached hydrogens (tertiary/aromatic N) is 3. The van der Waals surface area contributed by atoms with E-state index in [0.29, 0.717) is 11.7 Å². The quantitative estimate of drug-likeness (QED) is 0.463. The van der Waals surface area contributed by atoms with Gasteiger partial charge in [0.05, 0.1) is 5.60 Å². The van der Waals surface area contributed by atoms with Crippen LogP contribution in [0.2, 0.25) is 0 Å². The van der Waals surface area contributed by atoms with Crippen LogP contribution >= 0.6 is 11.3 Å². The number of hydrogen-bond acceptors (Lipinski definition) is 6. The molecule has 6 heteroatoms. The van der Waals surface area contributed by atoms with E-state index in [1.165, 1.54) is 37.8 Å². The first-order valence-corrected chi connectivity index (χ1v) is 14.1. The average Bonchev–Trinajstić information content (AvgIpc) is 3.40. The van der Waals surface area contributed by atoms with E-state index < -0.39 is 0 Å². The zero-order valence-electron chi connectivity index (χ0n) is 20.8. The highest BCUT2D eigenvalue weighted by molar-refractivity contribution is 7.14. The summed E-state index contributed by atoms with van der Waals surface area (Å²) in [4.78, 5) is 14.2. The number of hydrogen-bond donors (Lipinski definition) is 0. The Labute approximate surface area is 208 Å². The molecule has 2 saturated carbocycles. The first-order valence-electron chi connectivity index (χ1n) is 13.3. The SMILES string of the molecule is COC1(C2CCCCC2)CCN(c2ccc(-c3nnc([C@H]4CC[C@H](C(C)=O)CC4)s3)cc2)CC1. The summed E-state index contributed by atoms with van der Waals surface area (Å²) in [5, 5.41) is 11.2. The molecule has 1 aliphatic heterocycles. The van der Waals surface area contributed by atoms with E-state index in [9.17, 15) is 4.79 Å². The molecule has 3 fully saturated rings. The summed E-state index contributed by atoms with van der Waals surface area (Å²) in [7, 11) is 1.93. The Kier molecular flexibility index (Phi) is 7.35. The molecule has 5 rings (SSSR count). The predicted octanol–water partition coefficient (Wildman–Crippen LogP) is 6.63. The lowest BCUT2D eigenvalue weighted by Crippen LogP contribution is -2.50. The van der Waals surface area contributed by atoms with Crippen molar-refractivity contribution in [3.63, 3.8) is 0 Å². The van der Waals surface area contributed by atoms with Crippen LogP contribution in [0.4, 0.5) is 5.69 Å². The molecule has 0 unspecified atom stereocenters. The van der Waals surface area contributed by atoms with Crippen LogP contribution < -0.4 is 4.90 Å². The summed E-state index contributed by atoms with van der Waals surface area (Å²) in [6.45, 7) is 3.86. The van der Waals surface area contributed by atoms with Gasteiger partial charge in [0, 0.05) is 43.3 Å². The number of Topliss-reactive ketones (excluding diaryl/α,β-unsaturated/α-hetero) is 1. The third kappa shape index (κ3) is 4.94. The minimum atomic E-state index is 0.0867. The summed E-state index contributed by atoms with van der Waals surface area (Å²) in [6.07, 6.45) is 13.1. The van der Waals surface area contributed by atoms with Gasteiger partial charge in [-0.2, -0.15) is 0 Å². The minimum absolute atomic E-state index is 0.0867. The van der Waals surface area contributed by atoms with Crippen LogP contribution in [0, 0.1) is 11.8 Å². The molecule has 184 valence electrons. The number of ketones is 1. The molecule has 0 spiro atoms. The first-order chi connectivity index (χ1) is 16.6. The normalized spacial score (nSPS) is 25.9. The van der Waals surface area contributed by atoms with Crippen LogP contribution in [0.15, 0.2) is 24.3 Å². The monoisotopic (exact) mass is 481 g/mol. The van der Waals surface area contributed by atoms with Gasteiger partial charge < -0.3 is 9.64 Å². The molecule has 1 aromatic carbocycles. The smallest absolute Gasteiger partial charge is 0.147 e. The summed E-state index contributed by atoms with van der Waals surface area (Å²) >= 11 is 1.72. The molecule has 0 bridgehead atoms. The number of rotatable bonds is 6. The van der Waals surface area contributed by atoms with Crippen molar-refractivity contribution < 1.29 is 9.53 Å². The maximum atomic E-state index is 11.7. The molecule has 2 aromatic rings. The highest BCUT2D eigenvalue weighted by atomic mass is 32.1. The van der Waals surface area contributed by atoms with Gasteiger partial charge in [-0.1, -0.05) is 30.6 Å². The molecule has 3 aliphatic rings. The molecule has 0 amide bonds. The van der Waals surface area contributed by atoms with Gasteiger partial charge in [-0.05, 0) is 88.5 Å². The highest BCUT2D eigenvalue weighted by Crippen LogP contribution is 2.42. The number of piperidine rings is 1. The maximum Gasteiger partial charge on any atom is 0.147 e. The summed E-state index contributed by atoms with van der Waals surface area (Å²) in [6, 6.07) is 8.89. The van der Waals surface area contributed by atoms with Gasteiger partial charge >= 0.3 is 0 Å². The number of anilines is 1. The van der Waals surface area contributed by atoms with E-state index in [1.807, 2.05) is 7.11 Å². The first kappa shape index (κ1) is 23.9. The Morgan fingerprint density at radius 2 is 1.65 bits per heavy atom. The van der Waals surface area contributed by atoms with E-state index >= 15 is 0 Å². The lowest BCUT2D eigenvalue weighted by atomic mass is 9.72. The molecule has 1 saturated heterocycles. The summed E-state index contributed by atoms with van der Waals surface area (Å²) < 4.78 is 6.19. The minimum Gasteiger partial charge on any atom is -0.378 e. The van der Waals surface area contributed by atoms with Crippen LogP contribution in [-0.2, 0) is 9.53 Å². The van der Waals surface area contributed by atoms with E-state index in [1.54, 1.807) is 18.3 Å². The second-order valence-corrected chi connectivity index (χ2v) is 11.8. The van der Waals surface area contributed by atoms with Crippen LogP contribution in [0.1, 0.15) is 88.5 Å². The van der Waals surface area contributed by atoms with Crippen molar-refractivity contribution in [2.45, 2.75) is 89.1 Å². The van der Waals surface area contributed by atoms with Gasteiger partial charge in [0.25, 0.3) is 0 Å². The third-order valence-electron chi connectivity index (χ3n) is 8.94. The zero-order chi connectivity index (χ0) is 23.5. The highest BCUT2D eigenvalue weighted by Gasteiger charge is 2.42. The van der Waals surface area contributed by atoms with Crippen molar-refractivity contribution in [1.29, 1.82) is 0 Å². The van der Waals surface area contributed by atoms with E-state index in [0.717, 1.165) is 73.1 Å². The lowest BCUT2D eigenvalue weighted by molar-refractivity contribution is -0.121. The van der Waals surface area contributed by atoms with Gasteiger partial charge in [0.15, 0.2) is 0 Å². The fourth-order valence-electron chi connectivity index (χ4n) is 6.63. The van der Waals surface area contributed by atoms with E-state index in [2.05, 4.69) is 39.4 Å². The second-order valence-electron chi connectivity index (χ2n) is 10.7. The molecule has 0 radical (unpaired) electrons. The maximum absolute atomic E-state index is 11.7. The fourth-order valence-corrected chi connectivity index (χ4v) is 7.65. The van der Waals surface area contributed by atoms with Crippen LogP contribution in [-0.4, -0.2) is 41.8 Å². The number of aromatic nitrogens is 2. The van der Waals surface area contributed by atoms with Gasteiger partial charge in [-0.25, -0.2) is 0 Å². The van der Waals surface area contributed by atoms with Gasteiger partial charge in [-0.15, -0.1) is 10.2 Å². The fraction of sp³-hybridized carbons (Fsp3) is 0.679. The number of methoxy groups -OCH3 is 1. The molecule has 34 heavy (non-hydrogen) atoms. The number of carbonyl (C=O) groups is 1. The Hall–Kier alpha value is -1.79. The zero-order valence-corrected chi connectivity index (χ0v) is 21.6. The molecular formula is C28H39N3O2S. The Bertz CT molecular complexity index is 950. The molecule has 0 N–H and O–H groups in total. The molecule has 2 heterocycles. The number of carbonyl (C=O) groups excluding carboxylic acids is 1. The van der Waals surface area contributed by atoms with Crippen molar-refractivity contribution in [2.24, 2.45) is 11.8 Å². The number of ether oxygens (including phenoxy) is 1. The Morgan fingerprint density at radius 1 is 0.971 bits per heavy atom.